The Balaban J connectivity index is 1.71. The maximum atomic E-state index is 11.7. The van der Waals surface area contributed by atoms with E-state index in [1.807, 2.05) is 5.38 Å². The molecule has 1 N–H and O–H groups in total. The van der Waals surface area contributed by atoms with E-state index in [0.29, 0.717) is 16.6 Å². The van der Waals surface area contributed by atoms with Gasteiger partial charge in [0.05, 0.1) is 17.5 Å². The molecule has 2 aromatic rings. The SMILES string of the molecule is O=C(Nc1nc(C2CC2)cs1)c1ccoc1. The lowest BCUT2D eigenvalue weighted by atomic mass is 10.3. The van der Waals surface area contributed by atoms with Crippen LogP contribution in [-0.4, -0.2) is 10.9 Å². The summed E-state index contributed by atoms with van der Waals surface area (Å²) in [6.45, 7) is 0. The first-order valence-corrected chi connectivity index (χ1v) is 6.00. The van der Waals surface area contributed by atoms with Crippen LogP contribution in [0.3, 0.4) is 0 Å². The maximum Gasteiger partial charge on any atom is 0.260 e. The second-order valence-electron chi connectivity index (χ2n) is 3.82. The number of hydrogen-bond acceptors (Lipinski definition) is 4. The second-order valence-corrected chi connectivity index (χ2v) is 4.68. The molecule has 2 heterocycles. The van der Waals surface area contributed by atoms with E-state index < -0.39 is 0 Å². The lowest BCUT2D eigenvalue weighted by Crippen LogP contribution is -2.10. The van der Waals surface area contributed by atoms with Crippen LogP contribution in [0, 0.1) is 0 Å². The number of furan rings is 1. The Morgan fingerprint density at radius 2 is 2.44 bits per heavy atom. The second kappa shape index (κ2) is 3.75. The number of carbonyl (C=O) groups excluding carboxylic acids is 1. The molecule has 1 amide bonds. The Morgan fingerprint density at radius 3 is 3.12 bits per heavy atom. The van der Waals surface area contributed by atoms with E-state index in [4.69, 9.17) is 4.42 Å². The third kappa shape index (κ3) is 1.86. The van der Waals surface area contributed by atoms with Gasteiger partial charge in [0.25, 0.3) is 5.91 Å². The highest BCUT2D eigenvalue weighted by Crippen LogP contribution is 2.40. The van der Waals surface area contributed by atoms with Crippen LogP contribution in [0.4, 0.5) is 5.13 Å². The van der Waals surface area contributed by atoms with Crippen molar-refractivity contribution in [2.45, 2.75) is 18.8 Å². The van der Waals surface area contributed by atoms with E-state index in [9.17, 15) is 4.79 Å². The number of hydrogen-bond donors (Lipinski definition) is 1. The summed E-state index contributed by atoms with van der Waals surface area (Å²) in [5, 5.41) is 5.43. The Morgan fingerprint density at radius 1 is 1.56 bits per heavy atom. The summed E-state index contributed by atoms with van der Waals surface area (Å²) in [5.74, 6) is 0.446. The molecule has 82 valence electrons. The first kappa shape index (κ1) is 9.59. The number of aromatic nitrogens is 1. The molecule has 1 saturated carbocycles. The van der Waals surface area contributed by atoms with Crippen molar-refractivity contribution in [1.29, 1.82) is 0 Å². The summed E-state index contributed by atoms with van der Waals surface area (Å²) in [4.78, 5) is 16.0. The Labute approximate surface area is 96.3 Å². The highest BCUT2D eigenvalue weighted by Gasteiger charge is 2.26. The fourth-order valence-corrected chi connectivity index (χ4v) is 2.26. The average Bonchev–Trinajstić information content (AvgIpc) is 2.82. The summed E-state index contributed by atoms with van der Waals surface area (Å²) in [5.41, 5.74) is 1.62. The molecule has 16 heavy (non-hydrogen) atoms. The molecule has 1 fully saturated rings. The zero-order valence-electron chi connectivity index (χ0n) is 8.47. The molecule has 5 heteroatoms. The van der Waals surface area contributed by atoms with Crippen LogP contribution in [0.2, 0.25) is 0 Å². The normalized spacial score (nSPS) is 15.0. The van der Waals surface area contributed by atoms with E-state index in [2.05, 4.69) is 10.3 Å². The van der Waals surface area contributed by atoms with Gasteiger partial charge in [-0.25, -0.2) is 4.98 Å². The summed E-state index contributed by atoms with van der Waals surface area (Å²) in [6, 6.07) is 1.63. The molecule has 0 aliphatic heterocycles. The van der Waals surface area contributed by atoms with Gasteiger partial charge in [-0.05, 0) is 18.9 Å². The van der Waals surface area contributed by atoms with Crippen molar-refractivity contribution < 1.29 is 9.21 Å². The molecule has 0 spiro atoms. The van der Waals surface area contributed by atoms with Gasteiger partial charge in [-0.3, -0.25) is 10.1 Å². The fraction of sp³-hybridized carbons (Fsp3) is 0.273. The van der Waals surface area contributed by atoms with Crippen LogP contribution >= 0.6 is 11.3 Å². The van der Waals surface area contributed by atoms with Crippen molar-refractivity contribution >= 4 is 22.4 Å². The van der Waals surface area contributed by atoms with Crippen molar-refractivity contribution in [3.8, 4) is 0 Å². The molecule has 0 atom stereocenters. The largest absolute Gasteiger partial charge is 0.472 e. The van der Waals surface area contributed by atoms with Gasteiger partial charge in [0.15, 0.2) is 5.13 Å². The van der Waals surface area contributed by atoms with Crippen LogP contribution in [0.25, 0.3) is 0 Å². The highest BCUT2D eigenvalue weighted by atomic mass is 32.1. The lowest BCUT2D eigenvalue weighted by molar-refractivity contribution is 0.102. The van der Waals surface area contributed by atoms with Crippen molar-refractivity contribution in [3.63, 3.8) is 0 Å². The number of nitrogens with zero attached hydrogens (tertiary/aromatic N) is 1. The summed E-state index contributed by atoms with van der Waals surface area (Å²) in [7, 11) is 0. The number of rotatable bonds is 3. The number of thiazole rings is 1. The molecule has 2 aromatic heterocycles. The monoisotopic (exact) mass is 234 g/mol. The van der Waals surface area contributed by atoms with E-state index in [1.165, 1.54) is 36.7 Å². The predicted octanol–water partition coefficient (Wildman–Crippen LogP) is 2.87. The van der Waals surface area contributed by atoms with E-state index >= 15 is 0 Å². The van der Waals surface area contributed by atoms with Crippen LogP contribution in [-0.2, 0) is 0 Å². The molecule has 0 aromatic carbocycles. The molecule has 0 radical (unpaired) electrons. The fourth-order valence-electron chi connectivity index (χ4n) is 1.47. The Kier molecular flexibility index (Phi) is 2.25. The maximum absolute atomic E-state index is 11.7. The van der Waals surface area contributed by atoms with Crippen LogP contribution < -0.4 is 5.32 Å². The minimum atomic E-state index is -0.176. The number of anilines is 1. The van der Waals surface area contributed by atoms with E-state index in [0.717, 1.165) is 5.69 Å². The van der Waals surface area contributed by atoms with Gasteiger partial charge in [-0.2, -0.15) is 0 Å². The molecule has 0 saturated heterocycles. The van der Waals surface area contributed by atoms with Gasteiger partial charge < -0.3 is 4.42 Å². The molecule has 1 aliphatic rings. The molecule has 0 bridgehead atoms. The van der Waals surface area contributed by atoms with Crippen LogP contribution in [0.15, 0.2) is 28.4 Å². The molecule has 3 rings (SSSR count). The minimum Gasteiger partial charge on any atom is -0.472 e. The third-order valence-electron chi connectivity index (χ3n) is 2.52. The number of nitrogens with one attached hydrogen (secondary N) is 1. The van der Waals surface area contributed by atoms with Crippen molar-refractivity contribution in [2.24, 2.45) is 0 Å². The molecular formula is C11H10N2O2S. The zero-order valence-corrected chi connectivity index (χ0v) is 9.29. The first-order chi connectivity index (χ1) is 7.83. The van der Waals surface area contributed by atoms with Gasteiger partial charge in [0.1, 0.15) is 6.26 Å². The molecule has 0 unspecified atom stereocenters. The molecule has 4 nitrogen and oxygen atoms in total. The average molecular weight is 234 g/mol. The standard InChI is InChI=1S/C11H10N2O2S/c14-10(8-3-4-15-5-8)13-11-12-9(6-16-11)7-1-2-7/h3-7H,1-2H2,(H,12,13,14). The molecular weight excluding hydrogens is 224 g/mol. The summed E-state index contributed by atoms with van der Waals surface area (Å²) < 4.78 is 4.85. The van der Waals surface area contributed by atoms with Gasteiger partial charge >= 0.3 is 0 Å². The Hall–Kier alpha value is -1.62. The van der Waals surface area contributed by atoms with Gasteiger partial charge in [-0.15, -0.1) is 11.3 Å². The van der Waals surface area contributed by atoms with Gasteiger partial charge in [0, 0.05) is 11.3 Å². The Bertz CT molecular complexity index is 500. The quantitative estimate of drug-likeness (QED) is 0.888. The smallest absolute Gasteiger partial charge is 0.260 e. The third-order valence-corrected chi connectivity index (χ3v) is 3.30. The predicted molar refractivity (Wildman–Crippen MR) is 60.8 cm³/mol. The van der Waals surface area contributed by atoms with Gasteiger partial charge in [0.2, 0.25) is 0 Å². The lowest BCUT2D eigenvalue weighted by Gasteiger charge is -1.97. The van der Waals surface area contributed by atoms with Gasteiger partial charge in [-0.1, -0.05) is 0 Å². The zero-order chi connectivity index (χ0) is 11.0. The summed E-state index contributed by atoms with van der Waals surface area (Å²) in [6.07, 6.45) is 5.34. The highest BCUT2D eigenvalue weighted by molar-refractivity contribution is 7.14. The number of amides is 1. The van der Waals surface area contributed by atoms with Crippen molar-refractivity contribution in [1.82, 2.24) is 4.98 Å². The summed E-state index contributed by atoms with van der Waals surface area (Å²) >= 11 is 1.47. The van der Waals surface area contributed by atoms with Crippen molar-refractivity contribution in [2.75, 3.05) is 5.32 Å². The minimum absolute atomic E-state index is 0.176. The molecule has 1 aliphatic carbocycles. The van der Waals surface area contributed by atoms with Crippen LogP contribution in [0.5, 0.6) is 0 Å². The topological polar surface area (TPSA) is 55.1 Å². The van der Waals surface area contributed by atoms with E-state index in [1.54, 1.807) is 6.07 Å². The van der Waals surface area contributed by atoms with Crippen LogP contribution in [0.1, 0.15) is 34.8 Å². The first-order valence-electron chi connectivity index (χ1n) is 5.12. The van der Waals surface area contributed by atoms with E-state index in [-0.39, 0.29) is 5.91 Å². The van der Waals surface area contributed by atoms with Crippen molar-refractivity contribution in [3.05, 3.63) is 35.2 Å². The number of carbonyl (C=O) groups is 1.